The molecule has 2 aromatic rings. The van der Waals surface area contributed by atoms with Gasteiger partial charge < -0.3 is 9.64 Å². The first-order chi connectivity index (χ1) is 14.4. The maximum absolute atomic E-state index is 13.1. The fourth-order valence-corrected chi connectivity index (χ4v) is 4.96. The van der Waals surface area contributed by atoms with E-state index in [2.05, 4.69) is 29.2 Å². The standard InChI is InChI=1S/C24H29NO4S/c1-30(27,28)21-15-13-20(14-16-21)29-17-5-10-24(26)25(19-11-12-19)23-9-4-7-18-6-2-3-8-22(18)23/h2-3,6,8,13-16,19,23H,4-5,7,9-12,17H2,1H3. The molecule has 0 N–H and O–H groups in total. The molecule has 0 saturated heterocycles. The molecule has 2 aromatic carbocycles. The zero-order chi connectivity index (χ0) is 21.1. The highest BCUT2D eigenvalue weighted by Gasteiger charge is 2.38. The summed E-state index contributed by atoms with van der Waals surface area (Å²) >= 11 is 0. The molecule has 1 amide bonds. The molecule has 1 atom stereocenters. The van der Waals surface area contributed by atoms with Crippen LogP contribution in [0.5, 0.6) is 5.75 Å². The summed E-state index contributed by atoms with van der Waals surface area (Å²) < 4.78 is 28.8. The number of hydrogen-bond donors (Lipinski definition) is 0. The molecule has 2 aliphatic rings. The van der Waals surface area contributed by atoms with Crippen LogP contribution in [0.3, 0.4) is 0 Å². The van der Waals surface area contributed by atoms with Crippen molar-refractivity contribution in [3.8, 4) is 5.75 Å². The lowest BCUT2D eigenvalue weighted by Crippen LogP contribution is -2.38. The van der Waals surface area contributed by atoms with Crippen molar-refractivity contribution in [1.82, 2.24) is 4.90 Å². The summed E-state index contributed by atoms with van der Waals surface area (Å²) in [5, 5.41) is 0. The number of nitrogens with zero attached hydrogens (tertiary/aromatic N) is 1. The maximum atomic E-state index is 13.1. The first-order valence-electron chi connectivity index (χ1n) is 10.8. The summed E-state index contributed by atoms with van der Waals surface area (Å²) in [5.74, 6) is 0.838. The van der Waals surface area contributed by atoms with Gasteiger partial charge in [0, 0.05) is 18.7 Å². The van der Waals surface area contributed by atoms with Crippen LogP contribution < -0.4 is 4.74 Å². The lowest BCUT2D eigenvalue weighted by atomic mass is 9.86. The molecule has 160 valence electrons. The molecule has 0 aliphatic heterocycles. The molecule has 0 radical (unpaired) electrons. The monoisotopic (exact) mass is 427 g/mol. The summed E-state index contributed by atoms with van der Waals surface area (Å²) in [7, 11) is -3.21. The second kappa shape index (κ2) is 8.80. The Bertz CT molecular complexity index is 996. The van der Waals surface area contributed by atoms with Crippen LogP contribution in [0.15, 0.2) is 53.4 Å². The Balaban J connectivity index is 1.33. The third kappa shape index (κ3) is 4.86. The Hall–Kier alpha value is -2.34. The molecular weight excluding hydrogens is 398 g/mol. The quantitative estimate of drug-likeness (QED) is 0.589. The van der Waals surface area contributed by atoms with Gasteiger partial charge in [-0.3, -0.25) is 4.79 Å². The van der Waals surface area contributed by atoms with Crippen LogP contribution in [0, 0.1) is 0 Å². The van der Waals surface area contributed by atoms with E-state index < -0.39 is 9.84 Å². The normalized spacial score (nSPS) is 18.5. The third-order valence-electron chi connectivity index (χ3n) is 5.96. The Morgan fingerprint density at radius 2 is 1.80 bits per heavy atom. The van der Waals surface area contributed by atoms with Gasteiger partial charge in [0.15, 0.2) is 9.84 Å². The summed E-state index contributed by atoms with van der Waals surface area (Å²) in [6.07, 6.45) is 7.78. The number of carbonyl (C=O) groups is 1. The number of amides is 1. The number of carbonyl (C=O) groups excluding carboxylic acids is 1. The predicted octanol–water partition coefficient (Wildman–Crippen LogP) is 4.32. The molecule has 0 heterocycles. The van der Waals surface area contributed by atoms with E-state index in [1.807, 2.05) is 0 Å². The van der Waals surface area contributed by atoms with Gasteiger partial charge in [0.2, 0.25) is 5.91 Å². The van der Waals surface area contributed by atoms with Gasteiger partial charge in [-0.2, -0.15) is 0 Å². The van der Waals surface area contributed by atoms with Gasteiger partial charge in [-0.15, -0.1) is 0 Å². The Morgan fingerprint density at radius 3 is 2.50 bits per heavy atom. The minimum absolute atomic E-state index is 0.208. The number of ether oxygens (including phenoxy) is 1. The SMILES string of the molecule is CS(=O)(=O)c1ccc(OCCCC(=O)N(C2CC2)C2CCCc3ccccc32)cc1. The van der Waals surface area contributed by atoms with E-state index in [4.69, 9.17) is 4.74 Å². The summed E-state index contributed by atoms with van der Waals surface area (Å²) in [6, 6.07) is 15.6. The van der Waals surface area contributed by atoms with Crippen LogP contribution in [0.2, 0.25) is 0 Å². The molecule has 6 heteroatoms. The number of aryl methyl sites for hydroxylation is 1. The van der Waals surface area contributed by atoms with Gasteiger partial charge in [-0.25, -0.2) is 8.42 Å². The smallest absolute Gasteiger partial charge is 0.223 e. The van der Waals surface area contributed by atoms with E-state index in [1.54, 1.807) is 24.3 Å². The highest BCUT2D eigenvalue weighted by molar-refractivity contribution is 7.90. The minimum Gasteiger partial charge on any atom is -0.494 e. The molecule has 0 bridgehead atoms. The molecular formula is C24H29NO4S. The van der Waals surface area contributed by atoms with Crippen molar-refractivity contribution in [2.24, 2.45) is 0 Å². The summed E-state index contributed by atoms with van der Waals surface area (Å²) in [5.41, 5.74) is 2.71. The van der Waals surface area contributed by atoms with Crippen LogP contribution in [-0.2, 0) is 21.1 Å². The molecule has 5 nitrogen and oxygen atoms in total. The first kappa shape index (κ1) is 20.9. The molecule has 0 aromatic heterocycles. The van der Waals surface area contributed by atoms with E-state index in [9.17, 15) is 13.2 Å². The molecule has 4 rings (SSSR count). The fraction of sp³-hybridized carbons (Fsp3) is 0.458. The van der Waals surface area contributed by atoms with Gasteiger partial charge in [-0.1, -0.05) is 24.3 Å². The molecule has 0 spiro atoms. The highest BCUT2D eigenvalue weighted by atomic mass is 32.2. The third-order valence-corrected chi connectivity index (χ3v) is 7.09. The van der Waals surface area contributed by atoms with Crippen molar-refractivity contribution in [2.75, 3.05) is 12.9 Å². The predicted molar refractivity (Wildman–Crippen MR) is 116 cm³/mol. The van der Waals surface area contributed by atoms with Gasteiger partial charge in [-0.05, 0) is 73.9 Å². The van der Waals surface area contributed by atoms with E-state index in [0.717, 1.165) is 32.1 Å². The van der Waals surface area contributed by atoms with Crippen molar-refractivity contribution in [3.63, 3.8) is 0 Å². The maximum Gasteiger partial charge on any atom is 0.223 e. The summed E-state index contributed by atoms with van der Waals surface area (Å²) in [4.78, 5) is 15.5. The number of rotatable bonds is 8. The van der Waals surface area contributed by atoms with E-state index in [0.29, 0.717) is 31.2 Å². The van der Waals surface area contributed by atoms with Crippen LogP contribution in [-0.4, -0.2) is 38.1 Å². The van der Waals surface area contributed by atoms with Crippen LogP contribution in [0.25, 0.3) is 0 Å². The Morgan fingerprint density at radius 1 is 1.07 bits per heavy atom. The fourth-order valence-electron chi connectivity index (χ4n) is 4.33. The molecule has 2 aliphatic carbocycles. The van der Waals surface area contributed by atoms with Crippen molar-refractivity contribution < 1.29 is 17.9 Å². The second-order valence-corrected chi connectivity index (χ2v) is 10.4. The van der Waals surface area contributed by atoms with Gasteiger partial charge in [0.1, 0.15) is 5.75 Å². The van der Waals surface area contributed by atoms with Crippen molar-refractivity contribution in [2.45, 2.75) is 61.9 Å². The Kier molecular flexibility index (Phi) is 6.14. The van der Waals surface area contributed by atoms with E-state index in [-0.39, 0.29) is 16.8 Å². The largest absolute Gasteiger partial charge is 0.494 e. The topological polar surface area (TPSA) is 63.7 Å². The van der Waals surface area contributed by atoms with Crippen molar-refractivity contribution >= 4 is 15.7 Å². The zero-order valence-electron chi connectivity index (χ0n) is 17.4. The molecule has 1 fully saturated rings. The number of fused-ring (bicyclic) bond motifs is 1. The number of benzene rings is 2. The lowest BCUT2D eigenvalue weighted by molar-refractivity contribution is -0.135. The lowest BCUT2D eigenvalue weighted by Gasteiger charge is -2.36. The summed E-state index contributed by atoms with van der Waals surface area (Å²) in [6.45, 7) is 0.434. The van der Waals surface area contributed by atoms with Crippen LogP contribution in [0.1, 0.15) is 55.7 Å². The van der Waals surface area contributed by atoms with Gasteiger partial charge >= 0.3 is 0 Å². The van der Waals surface area contributed by atoms with Gasteiger partial charge in [0.05, 0.1) is 17.5 Å². The zero-order valence-corrected chi connectivity index (χ0v) is 18.2. The number of hydrogen-bond acceptors (Lipinski definition) is 4. The van der Waals surface area contributed by atoms with E-state index >= 15 is 0 Å². The van der Waals surface area contributed by atoms with Crippen LogP contribution in [0.4, 0.5) is 0 Å². The van der Waals surface area contributed by atoms with E-state index in [1.165, 1.54) is 17.4 Å². The Labute approximate surface area is 179 Å². The molecule has 1 unspecified atom stereocenters. The second-order valence-electron chi connectivity index (χ2n) is 8.33. The average Bonchev–Trinajstić information content (AvgIpc) is 3.56. The van der Waals surface area contributed by atoms with Gasteiger partial charge in [0.25, 0.3) is 0 Å². The van der Waals surface area contributed by atoms with Crippen LogP contribution >= 0.6 is 0 Å². The minimum atomic E-state index is -3.21. The highest BCUT2D eigenvalue weighted by Crippen LogP contribution is 2.41. The number of sulfone groups is 1. The molecule has 1 saturated carbocycles. The first-order valence-corrected chi connectivity index (χ1v) is 12.6. The van der Waals surface area contributed by atoms with Crippen molar-refractivity contribution in [3.05, 3.63) is 59.7 Å². The van der Waals surface area contributed by atoms with Crippen molar-refractivity contribution in [1.29, 1.82) is 0 Å². The average molecular weight is 428 g/mol. The molecule has 30 heavy (non-hydrogen) atoms.